The Balaban J connectivity index is 3.01. The molecule has 4 heteroatoms. The molecule has 0 unspecified atom stereocenters. The fourth-order valence-corrected chi connectivity index (χ4v) is 3.19. The fourth-order valence-electron chi connectivity index (χ4n) is 1.61. The minimum absolute atomic E-state index is 0.202. The number of carbonyl (C=O) groups excluding carboxylic acids is 1. The van der Waals surface area contributed by atoms with Gasteiger partial charge in [-0.15, -0.1) is 11.8 Å². The van der Waals surface area contributed by atoms with Crippen molar-refractivity contribution < 1.29 is 9.53 Å². The smallest absolute Gasteiger partial charge is 0.163 e. The molecular weight excluding hydrogens is 248 g/mol. The monoisotopic (exact) mass is 268 g/mol. The first kappa shape index (κ1) is 14.3. The van der Waals surface area contributed by atoms with Crippen LogP contribution in [0.2, 0.25) is 25.7 Å². The lowest BCUT2D eigenvalue weighted by molar-refractivity contribution is 0.101. The largest absolute Gasteiger partial charge is 0.496 e. The van der Waals surface area contributed by atoms with E-state index in [4.69, 9.17) is 4.74 Å². The predicted octanol–water partition coefficient (Wildman–Crippen LogP) is 3.94. The van der Waals surface area contributed by atoms with Crippen molar-refractivity contribution in [3.05, 3.63) is 23.8 Å². The number of methoxy groups -OCH3 is 1. The van der Waals surface area contributed by atoms with E-state index in [1.165, 1.54) is 0 Å². The Kier molecular flexibility index (Phi) is 4.83. The third-order valence-corrected chi connectivity index (χ3v) is 4.51. The van der Waals surface area contributed by atoms with Gasteiger partial charge >= 0.3 is 0 Å². The summed E-state index contributed by atoms with van der Waals surface area (Å²) in [6.07, 6.45) is 2.01. The zero-order valence-corrected chi connectivity index (χ0v) is 13.0. The van der Waals surface area contributed by atoms with Gasteiger partial charge in [0.1, 0.15) is 5.75 Å². The highest BCUT2D eigenvalue weighted by Gasteiger charge is 2.21. The van der Waals surface area contributed by atoms with Crippen LogP contribution in [0.4, 0.5) is 0 Å². The maximum absolute atomic E-state index is 12.2. The molecule has 0 spiro atoms. The highest BCUT2D eigenvalue weighted by atomic mass is 32.2. The van der Waals surface area contributed by atoms with Crippen molar-refractivity contribution >= 4 is 25.6 Å². The van der Waals surface area contributed by atoms with Crippen LogP contribution in [0, 0.1) is 0 Å². The Morgan fingerprint density at radius 1 is 1.35 bits per heavy atom. The first-order valence-electron chi connectivity index (χ1n) is 5.62. The van der Waals surface area contributed by atoms with Crippen LogP contribution < -0.4 is 4.74 Å². The van der Waals surface area contributed by atoms with Gasteiger partial charge in [-0.2, -0.15) is 0 Å². The molecule has 0 aromatic heterocycles. The SMILES string of the molecule is COc1cc(SC)ccc1C(=O)C[Si](C)(C)C. The zero-order chi connectivity index (χ0) is 13.1. The molecule has 0 saturated carbocycles. The zero-order valence-electron chi connectivity index (χ0n) is 11.2. The third-order valence-electron chi connectivity index (χ3n) is 2.40. The van der Waals surface area contributed by atoms with Gasteiger partial charge in [-0.05, 0) is 24.5 Å². The average molecular weight is 268 g/mol. The van der Waals surface area contributed by atoms with Crippen LogP contribution in [-0.4, -0.2) is 27.2 Å². The lowest BCUT2D eigenvalue weighted by atomic mass is 10.1. The lowest BCUT2D eigenvalue weighted by Crippen LogP contribution is -2.24. The van der Waals surface area contributed by atoms with E-state index in [-0.39, 0.29) is 5.78 Å². The molecule has 17 heavy (non-hydrogen) atoms. The van der Waals surface area contributed by atoms with Gasteiger partial charge in [-0.25, -0.2) is 0 Å². The maximum atomic E-state index is 12.2. The molecule has 1 rings (SSSR count). The van der Waals surface area contributed by atoms with Gasteiger partial charge in [0.05, 0.1) is 20.7 Å². The molecule has 2 nitrogen and oxygen atoms in total. The van der Waals surface area contributed by atoms with Crippen LogP contribution in [0.25, 0.3) is 0 Å². The Hall–Kier alpha value is -0.743. The summed E-state index contributed by atoms with van der Waals surface area (Å²) in [6.45, 7) is 6.61. The minimum atomic E-state index is -1.37. The van der Waals surface area contributed by atoms with Gasteiger partial charge in [0.15, 0.2) is 5.78 Å². The Morgan fingerprint density at radius 2 is 2.00 bits per heavy atom. The molecule has 0 bridgehead atoms. The van der Waals surface area contributed by atoms with Gasteiger partial charge in [0.2, 0.25) is 0 Å². The fraction of sp³-hybridized carbons (Fsp3) is 0.462. The maximum Gasteiger partial charge on any atom is 0.163 e. The summed E-state index contributed by atoms with van der Waals surface area (Å²) in [4.78, 5) is 13.3. The number of Topliss-reactive ketones (excluding diaryl/α,β-unsaturated/α-hetero) is 1. The van der Waals surface area contributed by atoms with Crippen LogP contribution in [0.5, 0.6) is 5.75 Å². The number of rotatable bonds is 5. The molecule has 0 N–H and O–H groups in total. The minimum Gasteiger partial charge on any atom is -0.496 e. The van der Waals surface area contributed by atoms with E-state index in [0.29, 0.717) is 17.4 Å². The van der Waals surface area contributed by atoms with Crippen molar-refractivity contribution in [1.82, 2.24) is 0 Å². The first-order chi connectivity index (χ1) is 7.87. The summed E-state index contributed by atoms with van der Waals surface area (Å²) < 4.78 is 5.30. The van der Waals surface area contributed by atoms with Gasteiger partial charge in [-0.3, -0.25) is 4.79 Å². The average Bonchev–Trinajstić information content (AvgIpc) is 2.25. The molecular formula is C13H20O2SSi. The van der Waals surface area contributed by atoms with Crippen LogP contribution in [-0.2, 0) is 0 Å². The second-order valence-corrected chi connectivity index (χ2v) is 11.6. The number of hydrogen-bond acceptors (Lipinski definition) is 3. The number of hydrogen-bond donors (Lipinski definition) is 0. The van der Waals surface area contributed by atoms with Gasteiger partial charge in [0, 0.05) is 10.9 Å². The van der Waals surface area contributed by atoms with E-state index < -0.39 is 8.07 Å². The summed E-state index contributed by atoms with van der Waals surface area (Å²) in [5.41, 5.74) is 0.715. The van der Waals surface area contributed by atoms with E-state index in [2.05, 4.69) is 19.6 Å². The molecule has 94 valence electrons. The third kappa shape index (κ3) is 4.20. The molecule has 1 aromatic rings. The van der Waals surface area contributed by atoms with Crippen molar-refractivity contribution in [2.75, 3.05) is 13.4 Å². The number of benzene rings is 1. The lowest BCUT2D eigenvalue weighted by Gasteiger charge is -2.16. The van der Waals surface area contributed by atoms with Crippen molar-refractivity contribution in [2.24, 2.45) is 0 Å². The number of carbonyl (C=O) groups is 1. The standard InChI is InChI=1S/C13H20O2SSi/c1-15-13-8-10(16-2)6-7-11(13)12(14)9-17(3,4)5/h6-8H,9H2,1-5H3. The molecule has 0 aliphatic rings. The predicted molar refractivity (Wildman–Crippen MR) is 77.3 cm³/mol. The number of ether oxygens (including phenoxy) is 1. The second kappa shape index (κ2) is 5.73. The number of ketones is 1. The van der Waals surface area contributed by atoms with Crippen molar-refractivity contribution in [1.29, 1.82) is 0 Å². The van der Waals surface area contributed by atoms with Crippen LogP contribution in [0.1, 0.15) is 10.4 Å². The Morgan fingerprint density at radius 3 is 2.47 bits per heavy atom. The molecule has 0 aliphatic carbocycles. The van der Waals surface area contributed by atoms with Crippen molar-refractivity contribution in [3.8, 4) is 5.75 Å². The van der Waals surface area contributed by atoms with Crippen LogP contribution in [0.3, 0.4) is 0 Å². The van der Waals surface area contributed by atoms with Crippen molar-refractivity contribution in [2.45, 2.75) is 30.6 Å². The van der Waals surface area contributed by atoms with E-state index in [1.54, 1.807) is 18.9 Å². The normalized spacial score (nSPS) is 11.4. The summed E-state index contributed by atoms with van der Waals surface area (Å²) in [6, 6.07) is 6.46. The van der Waals surface area contributed by atoms with Gasteiger partial charge in [-0.1, -0.05) is 19.6 Å². The van der Waals surface area contributed by atoms with E-state index >= 15 is 0 Å². The van der Waals surface area contributed by atoms with E-state index in [9.17, 15) is 4.79 Å². The highest BCUT2D eigenvalue weighted by Crippen LogP contribution is 2.27. The quantitative estimate of drug-likeness (QED) is 0.460. The molecule has 0 atom stereocenters. The number of thioether (sulfide) groups is 1. The van der Waals surface area contributed by atoms with E-state index in [1.807, 2.05) is 24.5 Å². The highest BCUT2D eigenvalue weighted by molar-refractivity contribution is 7.98. The van der Waals surface area contributed by atoms with Crippen LogP contribution in [0.15, 0.2) is 23.1 Å². The van der Waals surface area contributed by atoms with E-state index in [0.717, 1.165) is 4.90 Å². The Labute approximate surface area is 109 Å². The summed E-state index contributed by atoms with van der Waals surface area (Å²) >= 11 is 1.65. The molecule has 0 amide bonds. The summed E-state index contributed by atoms with van der Waals surface area (Å²) in [7, 11) is 0.245. The van der Waals surface area contributed by atoms with Crippen LogP contribution >= 0.6 is 11.8 Å². The summed E-state index contributed by atoms with van der Waals surface area (Å²) in [5.74, 6) is 0.897. The van der Waals surface area contributed by atoms with Gasteiger partial charge in [0.25, 0.3) is 0 Å². The summed E-state index contributed by atoms with van der Waals surface area (Å²) in [5, 5.41) is 0. The molecule has 0 heterocycles. The molecule has 0 aliphatic heterocycles. The van der Waals surface area contributed by atoms with Crippen molar-refractivity contribution in [3.63, 3.8) is 0 Å². The van der Waals surface area contributed by atoms with Gasteiger partial charge < -0.3 is 4.74 Å². The Bertz CT molecular complexity index is 410. The molecule has 0 saturated heterocycles. The first-order valence-corrected chi connectivity index (χ1v) is 10.6. The topological polar surface area (TPSA) is 26.3 Å². The second-order valence-electron chi connectivity index (χ2n) is 5.23. The molecule has 0 radical (unpaired) electrons. The molecule has 1 aromatic carbocycles. The molecule has 0 fully saturated rings.